The van der Waals surface area contributed by atoms with Crippen LogP contribution in [0.5, 0.6) is 0 Å². The van der Waals surface area contributed by atoms with E-state index in [0.717, 1.165) is 137 Å². The monoisotopic (exact) mass is 1400 g/mol. The fourth-order valence-electron chi connectivity index (χ4n) is 18.9. The first-order chi connectivity index (χ1) is 47.8. The molecule has 7 atom stereocenters. The zero-order valence-corrected chi connectivity index (χ0v) is 61.1. The third kappa shape index (κ3) is 14.3. The van der Waals surface area contributed by atoms with Gasteiger partial charge in [-0.05, 0) is 175 Å². The van der Waals surface area contributed by atoms with Gasteiger partial charge in [-0.3, -0.25) is 28.7 Å². The smallest absolute Gasteiger partial charge is 0.270 e. The molecule has 24 heteroatoms. The molecule has 4 bridgehead atoms. The molecule has 7 fully saturated rings. The number of pyridine rings is 1. The van der Waals surface area contributed by atoms with Crippen LogP contribution in [0, 0.1) is 42.4 Å². The number of likely N-dealkylation sites (tertiary alicyclic amines) is 3. The number of β-amino-alcohol motifs (C(OH)–C–C–N with tert-alkyl or cyclic N) is 1. The van der Waals surface area contributed by atoms with E-state index in [1.165, 1.54) is 24.2 Å². The molecular formula is C76H97N15O7S2. The second-order valence-electron chi connectivity index (χ2n) is 32.0. The Morgan fingerprint density at radius 2 is 1.59 bits per heavy atom. The summed E-state index contributed by atoms with van der Waals surface area (Å²) in [5.41, 5.74) is 9.67. The van der Waals surface area contributed by atoms with E-state index >= 15 is 4.79 Å². The summed E-state index contributed by atoms with van der Waals surface area (Å²) in [6, 6.07) is 17.1. The maximum absolute atomic E-state index is 15.4. The average molecular weight is 1400 g/mol. The predicted octanol–water partition coefficient (Wildman–Crippen LogP) is 11.3. The third-order valence-electron chi connectivity index (χ3n) is 22.6. The number of carbonyl (C=O) groups excluding carboxylic acids is 5. The maximum Gasteiger partial charge on any atom is 0.270 e. The number of aliphatic hydroxyl groups excluding tert-OH is 1. The molecule has 5 N–H and O–H groups in total. The maximum atomic E-state index is 15.4. The van der Waals surface area contributed by atoms with Gasteiger partial charge in [-0.1, -0.05) is 82.4 Å². The van der Waals surface area contributed by atoms with Gasteiger partial charge in [-0.25, -0.2) is 15.0 Å². The number of rotatable bonds is 21. The summed E-state index contributed by atoms with van der Waals surface area (Å²) in [6.45, 7) is 24.6. The summed E-state index contributed by atoms with van der Waals surface area (Å²) in [4.78, 5) is 95.4. The largest absolute Gasteiger partial charge is 0.391 e. The molecule has 2 aromatic carbocycles. The Bertz CT molecular complexity index is 4200. The van der Waals surface area contributed by atoms with Gasteiger partial charge in [0.15, 0.2) is 16.8 Å². The molecule has 5 aromatic heterocycles. The van der Waals surface area contributed by atoms with Gasteiger partial charge >= 0.3 is 0 Å². The lowest BCUT2D eigenvalue weighted by atomic mass is 9.39. The fraction of sp³-hybridized carbons (Fsp3) is 0.566. The van der Waals surface area contributed by atoms with Crippen LogP contribution < -0.4 is 26.2 Å². The molecule has 100 heavy (non-hydrogen) atoms. The van der Waals surface area contributed by atoms with Crippen LogP contribution in [0.1, 0.15) is 176 Å². The minimum absolute atomic E-state index is 0.00424. The summed E-state index contributed by atoms with van der Waals surface area (Å²) in [6.07, 6.45) is 12.7. The first-order valence-corrected chi connectivity index (χ1v) is 37.8. The van der Waals surface area contributed by atoms with Gasteiger partial charge in [-0.15, -0.1) is 21.5 Å². The Hall–Kier alpha value is -7.77. The highest BCUT2D eigenvalue weighted by Gasteiger charge is 2.66. The number of aryl methyl sites for hydroxylation is 1. The normalized spacial score (nSPS) is 25.7. The number of amides is 5. The summed E-state index contributed by atoms with van der Waals surface area (Å²) in [5, 5.41) is 39.2. The van der Waals surface area contributed by atoms with E-state index in [0.29, 0.717) is 48.9 Å². The molecule has 0 radical (unpaired) electrons. The number of nitrogens with one attached hydrogen (secondary N) is 4. The molecule has 4 aliphatic carbocycles. The molecule has 5 amide bonds. The zero-order chi connectivity index (χ0) is 70.0. The number of hydrogen-bond acceptors (Lipinski definition) is 18. The number of nitrogens with zero attached hydrogens (tertiary/aromatic N) is 11. The predicted molar refractivity (Wildman–Crippen MR) is 389 cm³/mol. The number of ether oxygens (including phenoxy) is 1. The van der Waals surface area contributed by atoms with Crippen molar-refractivity contribution >= 4 is 85.0 Å². The van der Waals surface area contributed by atoms with Gasteiger partial charge in [0.05, 0.1) is 56.8 Å². The fourth-order valence-corrected chi connectivity index (χ4v) is 20.6. The van der Waals surface area contributed by atoms with Gasteiger partial charge in [0.2, 0.25) is 23.6 Å². The van der Waals surface area contributed by atoms with Crippen molar-refractivity contribution in [3.63, 3.8) is 0 Å². The van der Waals surface area contributed by atoms with Gasteiger partial charge in [0.25, 0.3) is 5.91 Å². The molecule has 2 unspecified atom stereocenters. The van der Waals surface area contributed by atoms with Crippen LogP contribution in [-0.4, -0.2) is 167 Å². The van der Waals surface area contributed by atoms with Crippen molar-refractivity contribution in [1.29, 1.82) is 0 Å². The van der Waals surface area contributed by atoms with Gasteiger partial charge in [0.1, 0.15) is 23.6 Å². The second-order valence-corrected chi connectivity index (χ2v) is 33.9. The Balaban J connectivity index is 0.666. The van der Waals surface area contributed by atoms with Crippen molar-refractivity contribution in [3.8, 4) is 21.6 Å². The first kappa shape index (κ1) is 69.3. The number of carbonyl (C=O) groups is 5. The lowest BCUT2D eigenvalue weighted by molar-refractivity contribution is -0.248. The Morgan fingerprint density at radius 1 is 0.820 bits per heavy atom. The quantitative estimate of drug-likeness (QED) is 0.0448. The van der Waals surface area contributed by atoms with Crippen molar-refractivity contribution in [3.05, 3.63) is 106 Å². The Labute approximate surface area is 594 Å². The van der Waals surface area contributed by atoms with E-state index in [4.69, 9.17) is 30.0 Å². The van der Waals surface area contributed by atoms with E-state index in [1.807, 2.05) is 101 Å². The van der Waals surface area contributed by atoms with Crippen LogP contribution in [0.3, 0.4) is 0 Å². The molecule has 22 nitrogen and oxygen atoms in total. The molecule has 8 aliphatic rings. The molecule has 4 saturated carbocycles. The zero-order valence-electron chi connectivity index (χ0n) is 59.4. The number of hydrogen-bond donors (Lipinski definition) is 5. The van der Waals surface area contributed by atoms with E-state index < -0.39 is 53.4 Å². The molecule has 3 saturated heterocycles. The van der Waals surface area contributed by atoms with Crippen molar-refractivity contribution in [1.82, 2.24) is 65.6 Å². The van der Waals surface area contributed by atoms with Crippen LogP contribution in [0.15, 0.2) is 72.4 Å². The van der Waals surface area contributed by atoms with Crippen LogP contribution in [0.2, 0.25) is 0 Å². The highest BCUT2D eigenvalue weighted by molar-refractivity contribution is 7.22. The van der Waals surface area contributed by atoms with Crippen LogP contribution in [0.25, 0.3) is 31.8 Å². The summed E-state index contributed by atoms with van der Waals surface area (Å²) >= 11 is 3.13. The summed E-state index contributed by atoms with van der Waals surface area (Å²) in [7, 11) is 0. The Morgan fingerprint density at radius 3 is 2.33 bits per heavy atom. The SMILES string of the molecule is Cc1ncsc1-c1ccc([C@H](C)NC(=O)[C@@H]2C[C@@H](O)CN2C(=O)[C@@H](NC(=O)CCC(=O)N2CCC[C@@H](NC(=O)c3nc(N4CCCc5c4nnc(Nc4nc6ccccc6s4)c5C)ccc3-c3cnn(CC45CC6(C)CC(C)(C4)CC(OCCN4CCCC4)(C6)C5)c3C)C2)C(C)(C)C)cc1. The van der Waals surface area contributed by atoms with Crippen molar-refractivity contribution in [2.24, 2.45) is 21.7 Å². The summed E-state index contributed by atoms with van der Waals surface area (Å²) < 4.78 is 10.4. The number of thiazole rings is 2. The molecule has 530 valence electrons. The van der Waals surface area contributed by atoms with Gasteiger partial charge in [-0.2, -0.15) is 5.10 Å². The summed E-state index contributed by atoms with van der Waals surface area (Å²) in [5.74, 6) is -0.117. The molecule has 9 heterocycles. The van der Waals surface area contributed by atoms with E-state index in [1.54, 1.807) is 27.6 Å². The van der Waals surface area contributed by atoms with E-state index in [-0.39, 0.29) is 71.7 Å². The van der Waals surface area contributed by atoms with Crippen molar-refractivity contribution < 1.29 is 33.8 Å². The van der Waals surface area contributed by atoms with Crippen LogP contribution >= 0.6 is 22.7 Å². The number of benzene rings is 2. The molecule has 7 aromatic rings. The number of aliphatic hydroxyl groups is 1. The van der Waals surface area contributed by atoms with Gasteiger partial charge < -0.3 is 50.7 Å². The molecule has 4 aliphatic heterocycles. The van der Waals surface area contributed by atoms with Gasteiger partial charge in [0, 0.05) is 92.5 Å². The third-order valence-corrected chi connectivity index (χ3v) is 24.5. The van der Waals surface area contributed by atoms with E-state index in [9.17, 15) is 24.3 Å². The lowest BCUT2D eigenvalue weighted by Gasteiger charge is -2.69. The highest BCUT2D eigenvalue weighted by atomic mass is 32.1. The Kier molecular flexibility index (Phi) is 19.1. The molecular weight excluding hydrogens is 1300 g/mol. The van der Waals surface area contributed by atoms with Crippen molar-refractivity contribution in [2.75, 3.05) is 62.6 Å². The topological polar surface area (TPSA) is 258 Å². The number of fused-ring (bicyclic) bond motifs is 2. The van der Waals surface area contributed by atoms with Crippen molar-refractivity contribution in [2.45, 2.75) is 201 Å². The van der Waals surface area contributed by atoms with E-state index in [2.05, 4.69) is 74.5 Å². The van der Waals surface area contributed by atoms with Crippen LogP contribution in [-0.2, 0) is 36.9 Å². The highest BCUT2D eigenvalue weighted by Crippen LogP contribution is 2.72. The first-order valence-electron chi connectivity index (χ1n) is 36.2. The molecule has 0 spiro atoms. The number of anilines is 4. The lowest BCUT2D eigenvalue weighted by Crippen LogP contribution is -2.64. The number of piperidine rings is 1. The molecule has 15 rings (SSSR count). The minimum Gasteiger partial charge on any atom is -0.391 e. The number of para-hydroxylation sites is 1. The standard InChI is InChI=1S/C76H97N15O7S2/c1-46-54-17-15-31-89(67(54)86-85-66(46)84-71-81-57-18-10-11-19-59(57)100-71)60-25-24-55(56-35-78-91(49(56)4)44-75-39-73(8)38-74(9,40-75)42-76(41-73,43-75)98-33-32-87-28-12-13-29-87)63(82-60)69(96)80-52-16-14-30-88(36-52)62(94)27-26-61(93)83-65(72(5,6)7)70(97)90-37-53(92)34-58(90)68(95)79-47(2)50-20-22-51(23-21-50)64-48(3)77-45-99-64/h10-11,18-25,35,45,47,52-53,58,65,92H,12-17,26-34,36-44H2,1-9H3,(H,79,95)(H,80,96)(H,83,93)(H,81,84,85)/t47-,52+,53+,58-,65+,73?,74?,75?,76?/m0/s1. The average Bonchev–Trinajstić information content (AvgIpc) is 0.819. The van der Waals surface area contributed by atoms with Crippen LogP contribution in [0.4, 0.5) is 22.6 Å². The second kappa shape index (κ2) is 27.5. The minimum atomic E-state index is -1.07. The number of aromatic nitrogens is 7.